The Morgan fingerprint density at radius 2 is 1.88 bits per heavy atom. The van der Waals surface area contributed by atoms with Crippen LogP contribution in [0.3, 0.4) is 0 Å². The molecular weight excluding hydrogens is 210 g/mol. The SMILES string of the molecule is CCN(c1ccccc1)c1nccc(C)c1N. The number of aryl methyl sites for hydroxylation is 1. The van der Waals surface area contributed by atoms with Gasteiger partial charge in [-0.1, -0.05) is 18.2 Å². The quantitative estimate of drug-likeness (QED) is 0.876. The van der Waals surface area contributed by atoms with Crippen molar-refractivity contribution in [2.45, 2.75) is 13.8 Å². The molecule has 0 saturated heterocycles. The molecule has 0 bridgehead atoms. The van der Waals surface area contributed by atoms with E-state index in [4.69, 9.17) is 5.73 Å². The molecule has 0 atom stereocenters. The first-order valence-electron chi connectivity index (χ1n) is 5.77. The van der Waals surface area contributed by atoms with Crippen LogP contribution in [0.25, 0.3) is 0 Å². The smallest absolute Gasteiger partial charge is 0.156 e. The molecular formula is C14H17N3. The standard InChI is InChI=1S/C14H17N3/c1-3-17(12-7-5-4-6-8-12)14-13(15)11(2)9-10-16-14/h4-10H,3,15H2,1-2H3. The number of benzene rings is 1. The number of nitrogen functional groups attached to an aromatic ring is 1. The maximum absolute atomic E-state index is 6.09. The number of nitrogens with two attached hydrogens (primary N) is 1. The lowest BCUT2D eigenvalue weighted by atomic mass is 10.2. The number of nitrogens with zero attached hydrogens (tertiary/aromatic N) is 2. The molecule has 2 rings (SSSR count). The highest BCUT2D eigenvalue weighted by atomic mass is 15.2. The fourth-order valence-corrected chi connectivity index (χ4v) is 1.83. The molecule has 0 radical (unpaired) electrons. The van der Waals surface area contributed by atoms with Crippen molar-refractivity contribution in [2.24, 2.45) is 0 Å². The number of pyridine rings is 1. The molecule has 0 aliphatic heterocycles. The third kappa shape index (κ3) is 2.23. The van der Waals surface area contributed by atoms with Crippen molar-refractivity contribution in [2.75, 3.05) is 17.2 Å². The number of para-hydroxylation sites is 1. The van der Waals surface area contributed by atoms with Crippen molar-refractivity contribution in [3.05, 3.63) is 48.2 Å². The lowest BCUT2D eigenvalue weighted by Gasteiger charge is -2.24. The van der Waals surface area contributed by atoms with Crippen LogP contribution in [0.4, 0.5) is 17.2 Å². The van der Waals surface area contributed by atoms with Gasteiger partial charge in [0.25, 0.3) is 0 Å². The average molecular weight is 227 g/mol. The summed E-state index contributed by atoms with van der Waals surface area (Å²) in [6, 6.07) is 12.1. The number of hydrogen-bond donors (Lipinski definition) is 1. The molecule has 2 aromatic rings. The summed E-state index contributed by atoms with van der Waals surface area (Å²) in [6.45, 7) is 4.93. The molecule has 1 heterocycles. The van der Waals surface area contributed by atoms with Gasteiger partial charge < -0.3 is 10.6 Å². The summed E-state index contributed by atoms with van der Waals surface area (Å²) < 4.78 is 0. The van der Waals surface area contributed by atoms with E-state index in [1.54, 1.807) is 6.20 Å². The molecule has 0 fully saturated rings. The second-order valence-corrected chi connectivity index (χ2v) is 3.94. The second-order valence-electron chi connectivity index (χ2n) is 3.94. The van der Waals surface area contributed by atoms with E-state index < -0.39 is 0 Å². The minimum atomic E-state index is 0.748. The van der Waals surface area contributed by atoms with Crippen LogP contribution in [-0.4, -0.2) is 11.5 Å². The number of hydrogen-bond acceptors (Lipinski definition) is 3. The van der Waals surface area contributed by atoms with Crippen molar-refractivity contribution in [1.82, 2.24) is 4.98 Å². The van der Waals surface area contributed by atoms with Crippen molar-refractivity contribution in [1.29, 1.82) is 0 Å². The van der Waals surface area contributed by atoms with Gasteiger partial charge in [0, 0.05) is 18.4 Å². The Morgan fingerprint density at radius 3 is 2.53 bits per heavy atom. The minimum absolute atomic E-state index is 0.748. The molecule has 0 spiro atoms. The first kappa shape index (κ1) is 11.5. The van der Waals surface area contributed by atoms with Gasteiger partial charge in [-0.2, -0.15) is 0 Å². The Bertz CT molecular complexity index is 494. The molecule has 88 valence electrons. The molecule has 1 aromatic carbocycles. The summed E-state index contributed by atoms with van der Waals surface area (Å²) in [4.78, 5) is 6.50. The van der Waals surface area contributed by atoms with Crippen LogP contribution in [0.15, 0.2) is 42.6 Å². The van der Waals surface area contributed by atoms with E-state index in [-0.39, 0.29) is 0 Å². The predicted octanol–water partition coefficient (Wildman–Crippen LogP) is 3.13. The van der Waals surface area contributed by atoms with Crippen molar-refractivity contribution in [3.8, 4) is 0 Å². The van der Waals surface area contributed by atoms with Crippen LogP contribution in [0, 0.1) is 6.92 Å². The van der Waals surface area contributed by atoms with Crippen LogP contribution >= 0.6 is 0 Å². The second kappa shape index (κ2) is 4.87. The number of rotatable bonds is 3. The molecule has 17 heavy (non-hydrogen) atoms. The zero-order valence-corrected chi connectivity index (χ0v) is 10.2. The number of aromatic nitrogens is 1. The van der Waals surface area contributed by atoms with Gasteiger partial charge in [-0.15, -0.1) is 0 Å². The van der Waals surface area contributed by atoms with E-state index in [2.05, 4.69) is 28.9 Å². The van der Waals surface area contributed by atoms with Gasteiger partial charge in [-0.25, -0.2) is 4.98 Å². The van der Waals surface area contributed by atoms with Crippen molar-refractivity contribution >= 4 is 17.2 Å². The van der Waals surface area contributed by atoms with E-state index in [1.165, 1.54) is 0 Å². The van der Waals surface area contributed by atoms with Gasteiger partial charge >= 0.3 is 0 Å². The predicted molar refractivity (Wildman–Crippen MR) is 72.5 cm³/mol. The topological polar surface area (TPSA) is 42.2 Å². The third-order valence-electron chi connectivity index (χ3n) is 2.83. The average Bonchev–Trinajstić information content (AvgIpc) is 2.37. The number of anilines is 3. The Balaban J connectivity index is 2.46. The maximum Gasteiger partial charge on any atom is 0.156 e. The molecule has 2 N–H and O–H groups in total. The molecule has 0 aliphatic carbocycles. The Hall–Kier alpha value is -2.03. The van der Waals surface area contributed by atoms with Crippen LogP contribution in [0.2, 0.25) is 0 Å². The maximum atomic E-state index is 6.09. The fraction of sp³-hybridized carbons (Fsp3) is 0.214. The highest BCUT2D eigenvalue weighted by Crippen LogP contribution is 2.29. The summed E-state index contributed by atoms with van der Waals surface area (Å²) in [5, 5.41) is 0. The zero-order chi connectivity index (χ0) is 12.3. The molecule has 3 nitrogen and oxygen atoms in total. The van der Waals surface area contributed by atoms with Crippen LogP contribution in [0.5, 0.6) is 0 Å². The zero-order valence-electron chi connectivity index (χ0n) is 10.2. The Morgan fingerprint density at radius 1 is 1.18 bits per heavy atom. The molecule has 1 aromatic heterocycles. The van der Waals surface area contributed by atoms with Gasteiger partial charge in [0.2, 0.25) is 0 Å². The molecule has 0 saturated carbocycles. The fourth-order valence-electron chi connectivity index (χ4n) is 1.83. The van der Waals surface area contributed by atoms with Gasteiger partial charge in [0.15, 0.2) is 5.82 Å². The lowest BCUT2D eigenvalue weighted by molar-refractivity contribution is 0.990. The monoisotopic (exact) mass is 227 g/mol. The van der Waals surface area contributed by atoms with E-state index in [1.807, 2.05) is 31.2 Å². The van der Waals surface area contributed by atoms with E-state index in [0.717, 1.165) is 29.3 Å². The first-order chi connectivity index (χ1) is 8.24. The summed E-state index contributed by atoms with van der Waals surface area (Å²) >= 11 is 0. The normalized spacial score (nSPS) is 10.2. The summed E-state index contributed by atoms with van der Waals surface area (Å²) in [7, 11) is 0. The van der Waals surface area contributed by atoms with Crippen LogP contribution in [0.1, 0.15) is 12.5 Å². The van der Waals surface area contributed by atoms with Crippen LogP contribution < -0.4 is 10.6 Å². The Kier molecular flexibility index (Phi) is 3.28. The van der Waals surface area contributed by atoms with Gasteiger partial charge in [0.05, 0.1) is 5.69 Å². The minimum Gasteiger partial charge on any atom is -0.396 e. The van der Waals surface area contributed by atoms with Crippen molar-refractivity contribution in [3.63, 3.8) is 0 Å². The highest BCUT2D eigenvalue weighted by molar-refractivity contribution is 5.73. The van der Waals surface area contributed by atoms with Gasteiger partial charge in [-0.3, -0.25) is 0 Å². The summed E-state index contributed by atoms with van der Waals surface area (Å²) in [6.07, 6.45) is 1.80. The van der Waals surface area contributed by atoms with E-state index in [0.29, 0.717) is 0 Å². The molecule has 0 amide bonds. The third-order valence-corrected chi connectivity index (χ3v) is 2.83. The van der Waals surface area contributed by atoms with Crippen molar-refractivity contribution < 1.29 is 0 Å². The highest BCUT2D eigenvalue weighted by Gasteiger charge is 2.12. The summed E-state index contributed by atoms with van der Waals surface area (Å²) in [5.41, 5.74) is 9.01. The first-order valence-corrected chi connectivity index (χ1v) is 5.77. The van der Waals surface area contributed by atoms with E-state index in [9.17, 15) is 0 Å². The van der Waals surface area contributed by atoms with Gasteiger partial charge in [0.1, 0.15) is 0 Å². The lowest BCUT2D eigenvalue weighted by Crippen LogP contribution is -2.19. The van der Waals surface area contributed by atoms with Gasteiger partial charge in [-0.05, 0) is 37.6 Å². The van der Waals surface area contributed by atoms with Crippen LogP contribution in [-0.2, 0) is 0 Å². The summed E-state index contributed by atoms with van der Waals surface area (Å²) in [5.74, 6) is 0.832. The molecule has 0 aliphatic rings. The largest absolute Gasteiger partial charge is 0.396 e. The van der Waals surface area contributed by atoms with E-state index >= 15 is 0 Å². The molecule has 3 heteroatoms. The Labute approximate surface area is 102 Å². The molecule has 0 unspecified atom stereocenters.